The highest BCUT2D eigenvalue weighted by molar-refractivity contribution is 5.88. The number of ether oxygens (including phenoxy) is 2. The number of benzene rings is 1. The van der Waals surface area contributed by atoms with E-state index in [0.29, 0.717) is 18.0 Å². The van der Waals surface area contributed by atoms with Crippen LogP contribution in [0.1, 0.15) is 12.5 Å². The zero-order chi connectivity index (χ0) is 12.0. The maximum atomic E-state index is 11.1. The molecular formula is C12H15NO3. The maximum Gasteiger partial charge on any atom is 0.330 e. The fourth-order valence-corrected chi connectivity index (χ4v) is 1.18. The van der Waals surface area contributed by atoms with Crippen molar-refractivity contribution < 1.29 is 14.3 Å². The summed E-state index contributed by atoms with van der Waals surface area (Å²) in [6.45, 7) is 2.12. The lowest BCUT2D eigenvalue weighted by molar-refractivity contribution is -0.137. The molecule has 4 heteroatoms. The summed E-state index contributed by atoms with van der Waals surface area (Å²) in [5, 5.41) is 0. The third-order valence-corrected chi connectivity index (χ3v) is 1.98. The first-order valence-corrected chi connectivity index (χ1v) is 4.95. The summed E-state index contributed by atoms with van der Waals surface area (Å²) in [6, 6.07) is 5.26. The van der Waals surface area contributed by atoms with E-state index < -0.39 is 0 Å². The van der Waals surface area contributed by atoms with E-state index in [9.17, 15) is 4.79 Å². The second-order valence-corrected chi connectivity index (χ2v) is 3.08. The van der Waals surface area contributed by atoms with E-state index in [4.69, 9.17) is 15.2 Å². The highest BCUT2D eigenvalue weighted by Crippen LogP contribution is 2.20. The molecule has 0 aliphatic heterocycles. The second-order valence-electron chi connectivity index (χ2n) is 3.08. The molecule has 1 rings (SSSR count). The van der Waals surface area contributed by atoms with E-state index in [0.717, 1.165) is 5.56 Å². The predicted molar refractivity (Wildman–Crippen MR) is 63.1 cm³/mol. The highest BCUT2D eigenvalue weighted by Gasteiger charge is 1.99. The average Bonchev–Trinajstić information content (AvgIpc) is 2.27. The molecule has 0 amide bonds. The third kappa shape index (κ3) is 3.31. The van der Waals surface area contributed by atoms with Gasteiger partial charge in [0.05, 0.1) is 13.7 Å². The Labute approximate surface area is 94.7 Å². The van der Waals surface area contributed by atoms with Gasteiger partial charge in [0.2, 0.25) is 0 Å². The number of nitrogen functional groups attached to an aromatic ring is 1. The third-order valence-electron chi connectivity index (χ3n) is 1.98. The van der Waals surface area contributed by atoms with Gasteiger partial charge in [0, 0.05) is 17.8 Å². The van der Waals surface area contributed by atoms with Crippen molar-refractivity contribution in [3.8, 4) is 5.75 Å². The molecule has 0 radical (unpaired) electrons. The fourth-order valence-electron chi connectivity index (χ4n) is 1.18. The quantitative estimate of drug-likeness (QED) is 0.479. The van der Waals surface area contributed by atoms with Gasteiger partial charge in [0.25, 0.3) is 0 Å². The van der Waals surface area contributed by atoms with Crippen molar-refractivity contribution in [2.24, 2.45) is 0 Å². The summed E-state index contributed by atoms with van der Waals surface area (Å²) in [7, 11) is 1.57. The Balaban J connectivity index is 2.78. The zero-order valence-corrected chi connectivity index (χ0v) is 9.40. The van der Waals surface area contributed by atoms with E-state index in [1.165, 1.54) is 6.08 Å². The van der Waals surface area contributed by atoms with E-state index in [-0.39, 0.29) is 5.97 Å². The van der Waals surface area contributed by atoms with Gasteiger partial charge >= 0.3 is 5.97 Å². The van der Waals surface area contributed by atoms with Gasteiger partial charge in [0.15, 0.2) is 0 Å². The monoisotopic (exact) mass is 221 g/mol. The van der Waals surface area contributed by atoms with E-state index in [2.05, 4.69) is 0 Å². The minimum Gasteiger partial charge on any atom is -0.497 e. The average molecular weight is 221 g/mol. The fraction of sp³-hybridized carbons (Fsp3) is 0.250. The number of carbonyl (C=O) groups is 1. The summed E-state index contributed by atoms with van der Waals surface area (Å²) in [4.78, 5) is 11.1. The lowest BCUT2D eigenvalue weighted by Crippen LogP contribution is -1.99. The molecule has 1 aromatic rings. The van der Waals surface area contributed by atoms with Crippen molar-refractivity contribution in [2.45, 2.75) is 6.92 Å². The molecule has 0 unspecified atom stereocenters. The van der Waals surface area contributed by atoms with Crippen LogP contribution in [-0.2, 0) is 9.53 Å². The number of hydrogen-bond donors (Lipinski definition) is 1. The van der Waals surface area contributed by atoms with Crippen LogP contribution in [0.2, 0.25) is 0 Å². The van der Waals surface area contributed by atoms with Crippen LogP contribution in [0.3, 0.4) is 0 Å². The van der Waals surface area contributed by atoms with E-state index in [1.807, 2.05) is 0 Å². The molecule has 0 fully saturated rings. The summed E-state index contributed by atoms with van der Waals surface area (Å²) < 4.78 is 9.78. The molecule has 1 aromatic carbocycles. The van der Waals surface area contributed by atoms with Gasteiger partial charge in [0.1, 0.15) is 5.75 Å². The molecule has 0 heterocycles. The topological polar surface area (TPSA) is 61.5 Å². The molecule has 0 spiro atoms. The number of methoxy groups -OCH3 is 1. The van der Waals surface area contributed by atoms with Crippen molar-refractivity contribution in [3.63, 3.8) is 0 Å². The molecule has 0 saturated carbocycles. The van der Waals surface area contributed by atoms with Gasteiger partial charge in [-0.2, -0.15) is 0 Å². The first kappa shape index (κ1) is 12.1. The van der Waals surface area contributed by atoms with Crippen LogP contribution in [0.5, 0.6) is 5.75 Å². The van der Waals surface area contributed by atoms with Crippen LogP contribution >= 0.6 is 0 Å². The molecule has 16 heavy (non-hydrogen) atoms. The molecule has 0 aromatic heterocycles. The molecule has 0 atom stereocenters. The number of rotatable bonds is 4. The summed E-state index contributed by atoms with van der Waals surface area (Å²) in [6.07, 6.45) is 2.97. The van der Waals surface area contributed by atoms with E-state index >= 15 is 0 Å². The zero-order valence-electron chi connectivity index (χ0n) is 9.40. The largest absolute Gasteiger partial charge is 0.497 e. The van der Waals surface area contributed by atoms with Crippen molar-refractivity contribution in [3.05, 3.63) is 29.8 Å². The Bertz CT molecular complexity index is 399. The second kappa shape index (κ2) is 5.80. The molecule has 4 nitrogen and oxygen atoms in total. The molecule has 0 aliphatic carbocycles. The standard InChI is InChI=1S/C12H15NO3/c1-3-16-12(14)7-5-9-4-6-10(15-2)8-11(9)13/h4-8H,3,13H2,1-2H3/b7-5+. The molecule has 0 bridgehead atoms. The number of esters is 1. The van der Waals surface area contributed by atoms with Crippen molar-refractivity contribution in [1.29, 1.82) is 0 Å². The van der Waals surface area contributed by atoms with Crippen molar-refractivity contribution in [2.75, 3.05) is 19.5 Å². The Morgan fingerprint density at radius 3 is 2.81 bits per heavy atom. The van der Waals surface area contributed by atoms with Gasteiger partial charge in [-0.3, -0.25) is 0 Å². The summed E-state index contributed by atoms with van der Waals surface area (Å²) in [5.41, 5.74) is 7.09. The predicted octanol–water partition coefficient (Wildman–Crippen LogP) is 1.85. The van der Waals surface area contributed by atoms with Crippen molar-refractivity contribution in [1.82, 2.24) is 0 Å². The Morgan fingerprint density at radius 2 is 2.25 bits per heavy atom. The lowest BCUT2D eigenvalue weighted by Gasteiger charge is -2.03. The van der Waals surface area contributed by atoms with Crippen molar-refractivity contribution >= 4 is 17.7 Å². The number of carbonyl (C=O) groups excluding carboxylic acids is 1. The summed E-state index contributed by atoms with van der Waals surface area (Å²) >= 11 is 0. The van der Waals surface area contributed by atoms with Crippen LogP contribution in [0.4, 0.5) is 5.69 Å². The van der Waals surface area contributed by atoms with Crippen LogP contribution in [-0.4, -0.2) is 19.7 Å². The highest BCUT2D eigenvalue weighted by atomic mass is 16.5. The maximum absolute atomic E-state index is 11.1. The Hall–Kier alpha value is -1.97. The minimum atomic E-state index is -0.377. The first-order chi connectivity index (χ1) is 7.67. The number of hydrogen-bond acceptors (Lipinski definition) is 4. The molecule has 0 saturated heterocycles. The van der Waals surface area contributed by atoms with Crippen LogP contribution in [0.25, 0.3) is 6.08 Å². The van der Waals surface area contributed by atoms with Gasteiger partial charge in [-0.05, 0) is 30.7 Å². The molecular weight excluding hydrogens is 206 g/mol. The number of nitrogens with two attached hydrogens (primary N) is 1. The van der Waals surface area contributed by atoms with E-state index in [1.54, 1.807) is 38.3 Å². The van der Waals surface area contributed by atoms with Gasteiger partial charge in [-0.15, -0.1) is 0 Å². The minimum absolute atomic E-state index is 0.362. The molecule has 0 aliphatic rings. The van der Waals surface area contributed by atoms with Gasteiger partial charge in [-0.25, -0.2) is 4.79 Å². The number of anilines is 1. The Morgan fingerprint density at radius 1 is 1.50 bits per heavy atom. The summed E-state index contributed by atoms with van der Waals surface area (Å²) in [5.74, 6) is 0.309. The lowest BCUT2D eigenvalue weighted by atomic mass is 10.1. The van der Waals surface area contributed by atoms with Crippen LogP contribution in [0, 0.1) is 0 Å². The van der Waals surface area contributed by atoms with Crippen LogP contribution < -0.4 is 10.5 Å². The van der Waals surface area contributed by atoms with Crippen LogP contribution in [0.15, 0.2) is 24.3 Å². The first-order valence-electron chi connectivity index (χ1n) is 4.95. The smallest absolute Gasteiger partial charge is 0.330 e. The SMILES string of the molecule is CCOC(=O)/C=C/c1ccc(OC)cc1N. The molecule has 2 N–H and O–H groups in total. The Kier molecular flexibility index (Phi) is 4.39. The van der Waals surface area contributed by atoms with Gasteiger partial charge in [-0.1, -0.05) is 0 Å². The van der Waals surface area contributed by atoms with Gasteiger partial charge < -0.3 is 15.2 Å². The normalized spacial score (nSPS) is 10.4. The molecule has 86 valence electrons.